The molecule has 1 saturated carbocycles. The van der Waals surface area contributed by atoms with Crippen LogP contribution in [0.1, 0.15) is 55.7 Å². The molecule has 0 radical (unpaired) electrons. The molecule has 5 heteroatoms. The number of hydrogen-bond donors (Lipinski definition) is 0. The maximum absolute atomic E-state index is 13.1. The van der Waals surface area contributed by atoms with E-state index in [2.05, 4.69) is 12.1 Å². The smallest absolute Gasteiger partial charge is 0.342 e. The first kappa shape index (κ1) is 20.3. The van der Waals surface area contributed by atoms with E-state index in [1.165, 1.54) is 18.2 Å². The fourth-order valence-corrected chi connectivity index (χ4v) is 5.08. The molecule has 0 aromatic heterocycles. The van der Waals surface area contributed by atoms with Crippen LogP contribution >= 0.6 is 0 Å². The Bertz CT molecular complexity index is 1180. The molecule has 3 aromatic carbocycles. The second-order valence-corrected chi connectivity index (χ2v) is 8.33. The summed E-state index contributed by atoms with van der Waals surface area (Å²) in [6, 6.07) is 22.5. The molecule has 0 aliphatic heterocycles. The highest BCUT2D eigenvalue weighted by molar-refractivity contribution is 5.93. The van der Waals surface area contributed by atoms with Crippen molar-refractivity contribution in [2.45, 2.75) is 37.4 Å². The summed E-state index contributed by atoms with van der Waals surface area (Å²) in [5.41, 5.74) is 4.07. The van der Waals surface area contributed by atoms with Crippen molar-refractivity contribution in [3.8, 4) is 5.75 Å². The molecule has 5 rings (SSSR count). The zero-order valence-corrected chi connectivity index (χ0v) is 18.0. The van der Waals surface area contributed by atoms with E-state index in [9.17, 15) is 9.59 Å². The summed E-state index contributed by atoms with van der Waals surface area (Å²) >= 11 is 0. The van der Waals surface area contributed by atoms with Crippen LogP contribution in [-0.4, -0.2) is 31.3 Å². The van der Waals surface area contributed by atoms with Crippen molar-refractivity contribution in [1.29, 1.82) is 0 Å². The average molecular weight is 428 g/mol. The summed E-state index contributed by atoms with van der Waals surface area (Å²) < 4.78 is 17.4. The van der Waals surface area contributed by atoms with E-state index in [-0.39, 0.29) is 11.8 Å². The van der Waals surface area contributed by atoms with Crippen molar-refractivity contribution >= 4 is 11.9 Å². The number of fused-ring (bicyclic) bond motifs is 5. The topological polar surface area (TPSA) is 61.8 Å². The highest BCUT2D eigenvalue weighted by Gasteiger charge is 2.55. The van der Waals surface area contributed by atoms with Gasteiger partial charge in [0.25, 0.3) is 0 Å². The second kappa shape index (κ2) is 8.15. The predicted molar refractivity (Wildman–Crippen MR) is 119 cm³/mol. The van der Waals surface area contributed by atoms with E-state index < -0.39 is 24.1 Å². The van der Waals surface area contributed by atoms with Crippen LogP contribution in [0, 0.1) is 6.92 Å². The Labute approximate surface area is 186 Å². The van der Waals surface area contributed by atoms with Crippen LogP contribution in [0.4, 0.5) is 0 Å². The van der Waals surface area contributed by atoms with Gasteiger partial charge in [-0.05, 0) is 48.2 Å². The van der Waals surface area contributed by atoms with E-state index in [0.29, 0.717) is 16.9 Å². The first-order chi connectivity index (χ1) is 15.6. The highest BCUT2D eigenvalue weighted by atomic mass is 16.6. The molecule has 0 N–H and O–H groups in total. The van der Waals surface area contributed by atoms with Gasteiger partial charge in [-0.2, -0.15) is 0 Å². The monoisotopic (exact) mass is 428 g/mol. The van der Waals surface area contributed by atoms with Crippen molar-refractivity contribution in [3.05, 3.63) is 101 Å². The molecule has 0 amide bonds. The highest BCUT2D eigenvalue weighted by Crippen LogP contribution is 2.55. The number of carbonyl (C=O) groups is 2. The Kier molecular flexibility index (Phi) is 5.17. The van der Waals surface area contributed by atoms with Gasteiger partial charge in [0.1, 0.15) is 23.5 Å². The van der Waals surface area contributed by atoms with E-state index in [1.54, 1.807) is 30.3 Å². The van der Waals surface area contributed by atoms with Crippen LogP contribution in [0.15, 0.2) is 72.8 Å². The summed E-state index contributed by atoms with van der Waals surface area (Å²) in [5.74, 6) is -0.426. The lowest BCUT2D eigenvalue weighted by molar-refractivity contribution is -0.0350. The van der Waals surface area contributed by atoms with Gasteiger partial charge in [-0.25, -0.2) is 9.59 Å². The van der Waals surface area contributed by atoms with Crippen LogP contribution in [0.25, 0.3) is 0 Å². The van der Waals surface area contributed by atoms with Crippen LogP contribution < -0.4 is 4.74 Å². The van der Waals surface area contributed by atoms with Gasteiger partial charge in [0.2, 0.25) is 0 Å². The number of esters is 2. The number of carbonyl (C=O) groups excluding carboxylic acids is 2. The Hall–Kier alpha value is -3.60. The SMILES string of the molecule is COc1ccccc1C(=O)OC1C2CC(c3ccccc32)C1OC(=O)c1ccccc1C. The molecule has 2 aliphatic carbocycles. The number of rotatable bonds is 5. The Morgan fingerprint density at radius 1 is 0.719 bits per heavy atom. The lowest BCUT2D eigenvalue weighted by atomic mass is 9.87. The maximum Gasteiger partial charge on any atom is 0.342 e. The lowest BCUT2D eigenvalue weighted by Crippen LogP contribution is -2.39. The van der Waals surface area contributed by atoms with E-state index >= 15 is 0 Å². The molecular weight excluding hydrogens is 404 g/mol. The van der Waals surface area contributed by atoms with Crippen LogP contribution in [0.2, 0.25) is 0 Å². The quantitative estimate of drug-likeness (QED) is 0.533. The molecule has 0 spiro atoms. The predicted octanol–water partition coefficient (Wildman–Crippen LogP) is 5.04. The van der Waals surface area contributed by atoms with Crippen molar-refractivity contribution < 1.29 is 23.8 Å². The Morgan fingerprint density at radius 2 is 1.22 bits per heavy atom. The third-order valence-electron chi connectivity index (χ3n) is 6.60. The molecular formula is C27H24O5. The maximum atomic E-state index is 13.1. The minimum absolute atomic E-state index is 0.000336. The molecule has 32 heavy (non-hydrogen) atoms. The van der Waals surface area contributed by atoms with Crippen molar-refractivity contribution in [2.24, 2.45) is 0 Å². The van der Waals surface area contributed by atoms with Gasteiger partial charge in [0, 0.05) is 11.8 Å². The number of para-hydroxylation sites is 1. The van der Waals surface area contributed by atoms with Crippen LogP contribution in [-0.2, 0) is 9.47 Å². The Morgan fingerprint density at radius 3 is 1.81 bits per heavy atom. The fourth-order valence-electron chi connectivity index (χ4n) is 5.08. The third-order valence-corrected chi connectivity index (χ3v) is 6.60. The van der Waals surface area contributed by atoms with Gasteiger partial charge in [0.05, 0.1) is 12.7 Å². The first-order valence-corrected chi connectivity index (χ1v) is 10.8. The lowest BCUT2D eigenvalue weighted by Gasteiger charge is -2.32. The van der Waals surface area contributed by atoms with E-state index in [0.717, 1.165) is 12.0 Å². The number of methoxy groups -OCH3 is 1. The number of hydrogen-bond acceptors (Lipinski definition) is 5. The van der Waals surface area contributed by atoms with Gasteiger partial charge < -0.3 is 14.2 Å². The first-order valence-electron chi connectivity index (χ1n) is 10.8. The summed E-state index contributed by atoms with van der Waals surface area (Å²) in [4.78, 5) is 26.1. The van der Waals surface area contributed by atoms with Gasteiger partial charge in [-0.15, -0.1) is 0 Å². The zero-order chi connectivity index (χ0) is 22.2. The minimum Gasteiger partial charge on any atom is -0.496 e. The van der Waals surface area contributed by atoms with Crippen molar-refractivity contribution in [3.63, 3.8) is 0 Å². The summed E-state index contributed by atoms with van der Waals surface area (Å²) in [6.45, 7) is 1.88. The molecule has 5 nitrogen and oxygen atoms in total. The molecule has 4 unspecified atom stereocenters. The molecule has 0 heterocycles. The number of ether oxygens (including phenoxy) is 3. The van der Waals surface area contributed by atoms with Gasteiger partial charge in [-0.3, -0.25) is 0 Å². The third kappa shape index (κ3) is 3.34. The van der Waals surface area contributed by atoms with Crippen molar-refractivity contribution in [1.82, 2.24) is 0 Å². The average Bonchev–Trinajstić information content (AvgIpc) is 3.36. The van der Waals surface area contributed by atoms with Crippen molar-refractivity contribution in [2.75, 3.05) is 7.11 Å². The molecule has 2 bridgehead atoms. The molecule has 1 fully saturated rings. The summed E-state index contributed by atoms with van der Waals surface area (Å²) in [6.07, 6.45) is -0.310. The largest absolute Gasteiger partial charge is 0.496 e. The van der Waals surface area contributed by atoms with Crippen LogP contribution in [0.5, 0.6) is 5.75 Å². The zero-order valence-electron chi connectivity index (χ0n) is 18.0. The summed E-state index contributed by atoms with van der Waals surface area (Å²) in [5, 5.41) is 0. The van der Waals surface area contributed by atoms with Gasteiger partial charge in [0.15, 0.2) is 0 Å². The van der Waals surface area contributed by atoms with Gasteiger partial charge in [-0.1, -0.05) is 54.6 Å². The minimum atomic E-state index is -0.555. The molecule has 0 saturated heterocycles. The van der Waals surface area contributed by atoms with E-state index in [1.807, 2.05) is 37.3 Å². The number of aryl methyl sites for hydroxylation is 1. The molecule has 4 atom stereocenters. The Balaban J connectivity index is 1.46. The second-order valence-electron chi connectivity index (χ2n) is 8.33. The molecule has 3 aromatic rings. The number of benzene rings is 3. The molecule has 162 valence electrons. The molecule has 2 aliphatic rings. The fraction of sp³-hybridized carbons (Fsp3) is 0.259. The van der Waals surface area contributed by atoms with Crippen LogP contribution in [0.3, 0.4) is 0 Å². The van der Waals surface area contributed by atoms with E-state index in [4.69, 9.17) is 14.2 Å². The standard InChI is InChI=1S/C27H24O5/c1-16-9-3-4-10-17(16)26(28)31-24-21-15-22(19-12-6-5-11-18(19)21)25(24)32-27(29)20-13-7-8-14-23(20)30-2/h3-14,21-22,24-25H,15H2,1-2H3. The normalized spacial score (nSPS) is 22.8. The van der Waals surface area contributed by atoms with Gasteiger partial charge >= 0.3 is 11.9 Å². The summed E-state index contributed by atoms with van der Waals surface area (Å²) in [7, 11) is 1.52.